The minimum absolute atomic E-state index is 0.891. The van der Waals surface area contributed by atoms with Crippen LogP contribution >= 0.6 is 11.3 Å². The first-order valence-electron chi connectivity index (χ1n) is 6.08. The van der Waals surface area contributed by atoms with Crippen molar-refractivity contribution in [1.82, 2.24) is 5.32 Å². The average molecular weight is 261 g/mol. The summed E-state index contributed by atoms with van der Waals surface area (Å²) < 4.78 is 5.26. The minimum atomic E-state index is 0.891. The maximum atomic E-state index is 5.26. The van der Waals surface area contributed by atoms with Crippen molar-refractivity contribution in [2.75, 3.05) is 7.11 Å². The van der Waals surface area contributed by atoms with Gasteiger partial charge in [0.25, 0.3) is 0 Å². The summed E-state index contributed by atoms with van der Waals surface area (Å²) >= 11 is 1.85. The molecule has 18 heavy (non-hydrogen) atoms. The molecule has 0 amide bonds. The van der Waals surface area contributed by atoms with Gasteiger partial charge < -0.3 is 10.1 Å². The lowest BCUT2D eigenvalue weighted by molar-refractivity contribution is 0.411. The molecule has 1 aromatic carbocycles. The Bertz CT molecular complexity index is 519. The van der Waals surface area contributed by atoms with E-state index in [1.807, 2.05) is 17.4 Å². The van der Waals surface area contributed by atoms with Gasteiger partial charge in [-0.2, -0.15) is 0 Å². The highest BCUT2D eigenvalue weighted by Gasteiger charge is 2.00. The summed E-state index contributed by atoms with van der Waals surface area (Å²) in [5, 5.41) is 3.47. The Balaban J connectivity index is 1.88. The fourth-order valence-electron chi connectivity index (χ4n) is 1.96. The van der Waals surface area contributed by atoms with Crippen molar-refractivity contribution in [1.29, 1.82) is 0 Å². The molecule has 0 fully saturated rings. The monoisotopic (exact) mass is 261 g/mol. The van der Waals surface area contributed by atoms with Crippen LogP contribution in [0.5, 0.6) is 5.75 Å². The second-order valence-electron chi connectivity index (χ2n) is 4.42. The zero-order valence-electron chi connectivity index (χ0n) is 11.1. The molecule has 2 rings (SSSR count). The van der Waals surface area contributed by atoms with Crippen molar-refractivity contribution in [3.8, 4) is 5.75 Å². The summed E-state index contributed by atoms with van der Waals surface area (Å²) in [5.74, 6) is 0.952. The molecule has 3 heteroatoms. The molecule has 2 nitrogen and oxygen atoms in total. The highest BCUT2D eigenvalue weighted by atomic mass is 32.1. The van der Waals surface area contributed by atoms with Gasteiger partial charge in [0.15, 0.2) is 0 Å². The van der Waals surface area contributed by atoms with Gasteiger partial charge in [0.05, 0.1) is 7.11 Å². The molecule has 0 aliphatic heterocycles. The Morgan fingerprint density at radius 2 is 1.94 bits per heavy atom. The van der Waals surface area contributed by atoms with E-state index in [9.17, 15) is 0 Å². The first kappa shape index (κ1) is 13.1. The molecular weight excluding hydrogens is 242 g/mol. The molecule has 0 radical (unpaired) electrons. The Labute approximate surface area is 113 Å². The molecule has 0 saturated carbocycles. The van der Waals surface area contributed by atoms with E-state index < -0.39 is 0 Å². The number of ether oxygens (including phenoxy) is 1. The number of nitrogens with one attached hydrogen (secondary N) is 1. The maximum Gasteiger partial charge on any atom is 0.121 e. The van der Waals surface area contributed by atoms with Gasteiger partial charge in [-0.3, -0.25) is 0 Å². The predicted octanol–water partition coefficient (Wildman–Crippen LogP) is 3.66. The van der Waals surface area contributed by atoms with E-state index in [1.165, 1.54) is 20.9 Å². The van der Waals surface area contributed by atoms with Gasteiger partial charge in [-0.1, -0.05) is 12.1 Å². The second-order valence-corrected chi connectivity index (χ2v) is 5.79. The summed E-state index contributed by atoms with van der Waals surface area (Å²) in [6, 6.07) is 10.7. The number of rotatable bonds is 5. The second kappa shape index (κ2) is 6.03. The Hall–Kier alpha value is -1.32. The van der Waals surface area contributed by atoms with Crippen LogP contribution in [0.1, 0.15) is 20.9 Å². The van der Waals surface area contributed by atoms with Gasteiger partial charge in [0.2, 0.25) is 0 Å². The number of benzene rings is 1. The van der Waals surface area contributed by atoms with Gasteiger partial charge in [-0.25, -0.2) is 0 Å². The van der Waals surface area contributed by atoms with E-state index >= 15 is 0 Å². The van der Waals surface area contributed by atoms with E-state index in [2.05, 4.69) is 43.4 Å². The molecule has 0 aliphatic carbocycles. The van der Waals surface area contributed by atoms with Crippen molar-refractivity contribution >= 4 is 11.3 Å². The smallest absolute Gasteiger partial charge is 0.121 e. The number of methoxy groups -OCH3 is 1. The Morgan fingerprint density at radius 1 is 1.11 bits per heavy atom. The summed E-state index contributed by atoms with van der Waals surface area (Å²) in [4.78, 5) is 2.75. The first-order valence-corrected chi connectivity index (χ1v) is 6.90. The van der Waals surface area contributed by atoms with Crippen molar-refractivity contribution < 1.29 is 4.74 Å². The van der Waals surface area contributed by atoms with Gasteiger partial charge in [0.1, 0.15) is 5.75 Å². The number of aryl methyl sites for hydroxylation is 2. The van der Waals surface area contributed by atoms with Crippen molar-refractivity contribution in [3.05, 3.63) is 51.2 Å². The fraction of sp³-hybridized carbons (Fsp3) is 0.333. The van der Waals surface area contributed by atoms with Gasteiger partial charge >= 0.3 is 0 Å². The van der Waals surface area contributed by atoms with Crippen molar-refractivity contribution in [3.63, 3.8) is 0 Å². The minimum Gasteiger partial charge on any atom is -0.496 e. The topological polar surface area (TPSA) is 21.3 Å². The van der Waals surface area contributed by atoms with Crippen LogP contribution in [0.2, 0.25) is 0 Å². The van der Waals surface area contributed by atoms with Crippen LogP contribution in [0.25, 0.3) is 0 Å². The number of hydrogen-bond donors (Lipinski definition) is 1. The SMILES string of the molecule is COc1ccc(CNCc2ccc(C)s2)cc1C. The highest BCUT2D eigenvalue weighted by molar-refractivity contribution is 7.11. The summed E-state index contributed by atoms with van der Waals surface area (Å²) in [6.45, 7) is 6.04. The zero-order valence-corrected chi connectivity index (χ0v) is 11.9. The molecule has 96 valence electrons. The molecule has 0 saturated heterocycles. The molecule has 0 atom stereocenters. The van der Waals surface area contributed by atoms with Gasteiger partial charge in [-0.05, 0) is 43.2 Å². The lowest BCUT2D eigenvalue weighted by Gasteiger charge is -2.08. The number of hydrogen-bond acceptors (Lipinski definition) is 3. The van der Waals surface area contributed by atoms with E-state index in [0.717, 1.165) is 18.8 Å². The van der Waals surface area contributed by atoms with Gasteiger partial charge in [-0.15, -0.1) is 11.3 Å². The lowest BCUT2D eigenvalue weighted by atomic mass is 10.1. The number of thiophene rings is 1. The molecule has 0 bridgehead atoms. The third-order valence-corrected chi connectivity index (χ3v) is 3.88. The standard InChI is InChI=1S/C15H19NOS/c1-11-8-13(5-7-15(11)17-3)9-16-10-14-6-4-12(2)18-14/h4-8,16H,9-10H2,1-3H3. The molecule has 1 N–H and O–H groups in total. The van der Waals surface area contributed by atoms with Gasteiger partial charge in [0, 0.05) is 22.8 Å². The van der Waals surface area contributed by atoms with Crippen LogP contribution in [0.3, 0.4) is 0 Å². The van der Waals surface area contributed by atoms with Crippen LogP contribution < -0.4 is 10.1 Å². The van der Waals surface area contributed by atoms with E-state index in [4.69, 9.17) is 4.74 Å². The highest BCUT2D eigenvalue weighted by Crippen LogP contribution is 2.19. The Morgan fingerprint density at radius 3 is 2.56 bits per heavy atom. The van der Waals surface area contributed by atoms with Crippen LogP contribution in [0, 0.1) is 13.8 Å². The Kier molecular flexibility index (Phi) is 4.39. The zero-order chi connectivity index (χ0) is 13.0. The summed E-state index contributed by atoms with van der Waals surface area (Å²) in [6.07, 6.45) is 0. The molecular formula is C15H19NOS. The molecule has 2 aromatic rings. The average Bonchev–Trinajstić information content (AvgIpc) is 2.75. The van der Waals surface area contributed by atoms with Crippen molar-refractivity contribution in [2.45, 2.75) is 26.9 Å². The van der Waals surface area contributed by atoms with Crippen LogP contribution in [-0.4, -0.2) is 7.11 Å². The molecule has 0 aliphatic rings. The first-order chi connectivity index (χ1) is 8.69. The summed E-state index contributed by atoms with van der Waals surface area (Å²) in [5.41, 5.74) is 2.48. The van der Waals surface area contributed by atoms with Crippen LogP contribution in [-0.2, 0) is 13.1 Å². The quantitative estimate of drug-likeness (QED) is 0.887. The van der Waals surface area contributed by atoms with Crippen molar-refractivity contribution in [2.24, 2.45) is 0 Å². The van der Waals surface area contributed by atoms with E-state index in [-0.39, 0.29) is 0 Å². The lowest BCUT2D eigenvalue weighted by Crippen LogP contribution is -2.11. The third kappa shape index (κ3) is 3.34. The normalized spacial score (nSPS) is 10.6. The molecule has 0 spiro atoms. The fourth-order valence-corrected chi connectivity index (χ4v) is 2.82. The predicted molar refractivity (Wildman–Crippen MR) is 77.3 cm³/mol. The maximum absolute atomic E-state index is 5.26. The molecule has 1 heterocycles. The summed E-state index contributed by atoms with van der Waals surface area (Å²) in [7, 11) is 1.71. The van der Waals surface area contributed by atoms with E-state index in [1.54, 1.807) is 7.11 Å². The molecule has 0 unspecified atom stereocenters. The van der Waals surface area contributed by atoms with Crippen LogP contribution in [0.15, 0.2) is 30.3 Å². The van der Waals surface area contributed by atoms with E-state index in [0.29, 0.717) is 0 Å². The third-order valence-electron chi connectivity index (χ3n) is 2.88. The molecule has 1 aromatic heterocycles. The largest absolute Gasteiger partial charge is 0.496 e. The van der Waals surface area contributed by atoms with Crippen LogP contribution in [0.4, 0.5) is 0 Å².